The van der Waals surface area contributed by atoms with Gasteiger partial charge in [0.1, 0.15) is 17.6 Å². The molecule has 2 N–H and O–H groups in total. The zero-order chi connectivity index (χ0) is 27.9. The van der Waals surface area contributed by atoms with Gasteiger partial charge in [-0.2, -0.15) is 0 Å². The number of hydrogen-bond donors (Lipinski definition) is 2. The number of hydrogen-bond acceptors (Lipinski definition) is 5. The first-order valence-corrected chi connectivity index (χ1v) is 14.0. The van der Waals surface area contributed by atoms with Crippen LogP contribution in [-0.4, -0.2) is 57.9 Å². The Labute approximate surface area is 232 Å². The zero-order valence-electron chi connectivity index (χ0n) is 22.1. The number of halogens is 1. The highest BCUT2D eigenvalue weighted by atomic mass is 32.2. The van der Waals surface area contributed by atoms with Crippen molar-refractivity contribution >= 4 is 41.2 Å². The quantitative estimate of drug-likeness (QED) is 0.400. The van der Waals surface area contributed by atoms with Crippen molar-refractivity contribution in [3.8, 4) is 0 Å². The van der Waals surface area contributed by atoms with Gasteiger partial charge in [0.05, 0.1) is 6.04 Å². The number of carbonyl (C=O) groups is 4. The number of carbonyl (C=O) groups excluding carboxylic acids is 4. The maximum atomic E-state index is 13.3. The van der Waals surface area contributed by atoms with Crippen molar-refractivity contribution in [2.24, 2.45) is 0 Å². The Morgan fingerprint density at radius 1 is 0.974 bits per heavy atom. The topological polar surface area (TPSA) is 98.8 Å². The van der Waals surface area contributed by atoms with Crippen molar-refractivity contribution in [1.29, 1.82) is 0 Å². The summed E-state index contributed by atoms with van der Waals surface area (Å²) in [5.74, 6) is -1.00. The molecule has 2 heterocycles. The summed E-state index contributed by atoms with van der Waals surface area (Å²) in [6.07, 6.45) is 3.94. The number of urea groups is 1. The van der Waals surface area contributed by atoms with E-state index in [1.54, 1.807) is 18.2 Å². The van der Waals surface area contributed by atoms with Crippen LogP contribution >= 0.6 is 11.8 Å². The fourth-order valence-electron chi connectivity index (χ4n) is 4.57. The monoisotopic (exact) mass is 552 g/mol. The Kier molecular flexibility index (Phi) is 9.40. The van der Waals surface area contributed by atoms with Crippen molar-refractivity contribution < 1.29 is 23.6 Å². The van der Waals surface area contributed by atoms with Gasteiger partial charge in [0, 0.05) is 25.2 Å². The molecule has 0 aromatic heterocycles. The fraction of sp³-hybridized carbons (Fsp3) is 0.379. The predicted octanol–water partition coefficient (Wildman–Crippen LogP) is 4.52. The summed E-state index contributed by atoms with van der Waals surface area (Å²) in [4.78, 5) is 54.0. The smallest absolute Gasteiger partial charge is 0.327 e. The minimum absolute atomic E-state index is 0.110. The molecule has 1 fully saturated rings. The molecule has 1 saturated heterocycles. The van der Waals surface area contributed by atoms with E-state index in [1.807, 2.05) is 37.5 Å². The first-order valence-electron chi connectivity index (χ1n) is 13.1. The molecule has 2 unspecified atom stereocenters. The molecule has 2 aliphatic rings. The zero-order valence-corrected chi connectivity index (χ0v) is 22.9. The number of unbranched alkanes of at least 4 members (excludes halogenated alkanes) is 2. The molecular formula is C29H33FN4O4S. The van der Waals surface area contributed by atoms with Gasteiger partial charge in [-0.3, -0.25) is 19.3 Å². The summed E-state index contributed by atoms with van der Waals surface area (Å²) < 4.78 is 13.0. The number of nitrogens with one attached hydrogen (secondary N) is 2. The van der Waals surface area contributed by atoms with Crippen LogP contribution in [0.2, 0.25) is 0 Å². The minimum atomic E-state index is -0.472. The molecular weight excluding hydrogens is 519 g/mol. The van der Waals surface area contributed by atoms with Gasteiger partial charge in [-0.1, -0.05) is 30.7 Å². The molecule has 2 aliphatic heterocycles. The lowest BCUT2D eigenvalue weighted by molar-refractivity contribution is -0.132. The van der Waals surface area contributed by atoms with Crippen molar-refractivity contribution in [3.05, 3.63) is 76.5 Å². The highest BCUT2D eigenvalue weighted by Crippen LogP contribution is 2.34. The molecule has 0 bridgehead atoms. The van der Waals surface area contributed by atoms with Gasteiger partial charge < -0.3 is 15.5 Å². The standard InChI is InChI=1S/C29H33FN4O4S/c1-19-7-12-23(16-20(19)2)32-26(36)18-34-24-13-15-39-27(24)28(37)33(29(34)38)14-5-3-4-6-25(35)31-17-21-8-10-22(30)11-9-21/h7-13,15-16,24,27H,3-6,14,17-18H2,1-2H3,(H,31,35)(H,32,36). The Balaban J connectivity index is 1.25. The van der Waals surface area contributed by atoms with Crippen molar-refractivity contribution in [1.82, 2.24) is 15.1 Å². The molecule has 0 radical (unpaired) electrons. The van der Waals surface area contributed by atoms with Gasteiger partial charge in [-0.25, -0.2) is 9.18 Å². The molecule has 5 amide bonds. The summed E-state index contributed by atoms with van der Waals surface area (Å²) in [5, 5.41) is 7.01. The molecule has 2 aromatic carbocycles. The molecule has 0 saturated carbocycles. The number of nitrogens with zero attached hydrogens (tertiary/aromatic N) is 2. The van der Waals surface area contributed by atoms with E-state index in [-0.39, 0.29) is 36.6 Å². The molecule has 0 spiro atoms. The average Bonchev–Trinajstić information content (AvgIpc) is 3.40. The van der Waals surface area contributed by atoms with Crippen LogP contribution < -0.4 is 10.6 Å². The lowest BCUT2D eigenvalue weighted by Gasteiger charge is -2.41. The largest absolute Gasteiger partial charge is 0.352 e. The van der Waals surface area contributed by atoms with E-state index in [0.29, 0.717) is 37.9 Å². The van der Waals surface area contributed by atoms with Gasteiger partial charge in [0.15, 0.2) is 0 Å². The lowest BCUT2D eigenvalue weighted by Crippen LogP contribution is -2.63. The molecule has 4 rings (SSSR count). The van der Waals surface area contributed by atoms with Crippen LogP contribution in [0, 0.1) is 19.7 Å². The number of imide groups is 1. The third-order valence-electron chi connectivity index (χ3n) is 6.95. The van der Waals surface area contributed by atoms with E-state index in [2.05, 4.69) is 10.6 Å². The third-order valence-corrected chi connectivity index (χ3v) is 8.04. The highest BCUT2D eigenvalue weighted by Gasteiger charge is 2.47. The fourth-order valence-corrected chi connectivity index (χ4v) is 5.63. The van der Waals surface area contributed by atoms with Crippen LogP contribution in [0.5, 0.6) is 0 Å². The average molecular weight is 553 g/mol. The van der Waals surface area contributed by atoms with Crippen LogP contribution in [0.1, 0.15) is 42.4 Å². The SMILES string of the molecule is Cc1ccc(NC(=O)CN2C(=O)N(CCCCCC(=O)NCc3ccc(F)cc3)C(=O)C3SC=CC32)cc1C. The Morgan fingerprint density at radius 3 is 2.49 bits per heavy atom. The van der Waals surface area contributed by atoms with Crippen LogP contribution in [0.25, 0.3) is 0 Å². The van der Waals surface area contributed by atoms with Gasteiger partial charge in [0.2, 0.25) is 17.7 Å². The molecule has 2 atom stereocenters. The summed E-state index contributed by atoms with van der Waals surface area (Å²) in [7, 11) is 0. The van der Waals surface area contributed by atoms with E-state index >= 15 is 0 Å². The number of aryl methyl sites for hydroxylation is 2. The molecule has 0 aliphatic carbocycles. The summed E-state index contributed by atoms with van der Waals surface area (Å²) in [6.45, 7) is 4.36. The van der Waals surface area contributed by atoms with Crippen LogP contribution in [0.4, 0.5) is 14.9 Å². The summed E-state index contributed by atoms with van der Waals surface area (Å²) >= 11 is 1.36. The number of rotatable bonds is 11. The molecule has 8 nitrogen and oxygen atoms in total. The predicted molar refractivity (Wildman–Crippen MR) is 149 cm³/mol. The number of amides is 5. The van der Waals surface area contributed by atoms with Crippen LogP contribution in [0.15, 0.2) is 53.9 Å². The molecule has 39 heavy (non-hydrogen) atoms. The molecule has 206 valence electrons. The Morgan fingerprint density at radius 2 is 1.74 bits per heavy atom. The van der Waals surface area contributed by atoms with Crippen molar-refractivity contribution in [2.75, 3.05) is 18.4 Å². The molecule has 2 aromatic rings. The number of benzene rings is 2. The minimum Gasteiger partial charge on any atom is -0.352 e. The number of anilines is 1. The summed E-state index contributed by atoms with van der Waals surface area (Å²) in [5.41, 5.74) is 3.65. The molecule has 10 heteroatoms. The van der Waals surface area contributed by atoms with Gasteiger partial charge >= 0.3 is 6.03 Å². The van der Waals surface area contributed by atoms with E-state index in [0.717, 1.165) is 16.7 Å². The first-order chi connectivity index (χ1) is 18.7. The van der Waals surface area contributed by atoms with Crippen LogP contribution in [0.3, 0.4) is 0 Å². The van der Waals surface area contributed by atoms with Gasteiger partial charge in [0.25, 0.3) is 0 Å². The number of fused-ring (bicyclic) bond motifs is 1. The first kappa shape index (κ1) is 28.4. The second-order valence-corrected chi connectivity index (χ2v) is 10.9. The van der Waals surface area contributed by atoms with E-state index in [9.17, 15) is 23.6 Å². The van der Waals surface area contributed by atoms with Gasteiger partial charge in [-0.05, 0) is 73.1 Å². The van der Waals surface area contributed by atoms with Crippen LogP contribution in [-0.2, 0) is 20.9 Å². The lowest BCUT2D eigenvalue weighted by atomic mass is 10.1. The Bertz CT molecular complexity index is 1270. The van der Waals surface area contributed by atoms with Crippen molar-refractivity contribution in [3.63, 3.8) is 0 Å². The second kappa shape index (κ2) is 12.9. The van der Waals surface area contributed by atoms with Gasteiger partial charge in [-0.15, -0.1) is 11.8 Å². The Hall–Kier alpha value is -3.66. The highest BCUT2D eigenvalue weighted by molar-refractivity contribution is 8.03. The van der Waals surface area contributed by atoms with E-state index in [1.165, 1.54) is 33.7 Å². The van der Waals surface area contributed by atoms with Crippen molar-refractivity contribution in [2.45, 2.75) is 57.4 Å². The second-order valence-electron chi connectivity index (χ2n) is 9.84. The number of thioether (sulfide) groups is 1. The van der Waals surface area contributed by atoms with E-state index < -0.39 is 17.3 Å². The third kappa shape index (κ3) is 7.26. The maximum absolute atomic E-state index is 13.3. The summed E-state index contributed by atoms with van der Waals surface area (Å²) in [6, 6.07) is 10.7. The van der Waals surface area contributed by atoms with E-state index in [4.69, 9.17) is 0 Å². The maximum Gasteiger partial charge on any atom is 0.327 e. The normalized spacial score (nSPS) is 18.3.